The second-order valence-electron chi connectivity index (χ2n) is 12.5. The molecule has 4 fully saturated rings. The second kappa shape index (κ2) is 7.03. The third kappa shape index (κ3) is 3.43. The highest BCUT2D eigenvalue weighted by atomic mass is 16.3. The van der Waals surface area contributed by atoms with E-state index in [1.807, 2.05) is 13.8 Å². The van der Waals surface area contributed by atoms with Crippen LogP contribution in [-0.4, -0.2) is 10.7 Å². The highest BCUT2D eigenvalue weighted by molar-refractivity contribution is 5.09. The van der Waals surface area contributed by atoms with Crippen LogP contribution in [0.4, 0.5) is 0 Å². The van der Waals surface area contributed by atoms with Crippen molar-refractivity contribution in [2.45, 2.75) is 117 Å². The fourth-order valence-electron chi connectivity index (χ4n) is 9.05. The predicted molar refractivity (Wildman–Crippen MR) is 115 cm³/mol. The lowest BCUT2D eigenvalue weighted by molar-refractivity contribution is -0.114. The van der Waals surface area contributed by atoms with Crippen molar-refractivity contribution < 1.29 is 5.11 Å². The van der Waals surface area contributed by atoms with Gasteiger partial charge in [0.05, 0.1) is 5.60 Å². The number of hydrogen-bond acceptors (Lipinski definition) is 1. The molecule has 0 aromatic heterocycles. The molecule has 0 aromatic rings. The van der Waals surface area contributed by atoms with Crippen LogP contribution >= 0.6 is 0 Å². The standard InChI is InChI=1S/C26H46O/c1-18(13-16-24(2,3)27)21-11-12-22-20-10-9-19-8-6-7-15-25(19,4)23(20)14-17-26(21,22)5/h18-23,27H,6-17H2,1-5H3. The molecule has 1 N–H and O–H groups in total. The Morgan fingerprint density at radius 2 is 1.63 bits per heavy atom. The van der Waals surface area contributed by atoms with Gasteiger partial charge >= 0.3 is 0 Å². The van der Waals surface area contributed by atoms with Crippen LogP contribution in [0, 0.1) is 46.3 Å². The second-order valence-corrected chi connectivity index (χ2v) is 12.5. The van der Waals surface area contributed by atoms with E-state index in [0.29, 0.717) is 10.8 Å². The van der Waals surface area contributed by atoms with Crippen LogP contribution in [0.15, 0.2) is 0 Å². The van der Waals surface area contributed by atoms with Crippen LogP contribution in [0.5, 0.6) is 0 Å². The smallest absolute Gasteiger partial charge is 0.0591 e. The summed E-state index contributed by atoms with van der Waals surface area (Å²) in [6.45, 7) is 11.8. The van der Waals surface area contributed by atoms with Crippen LogP contribution in [0.2, 0.25) is 0 Å². The van der Waals surface area contributed by atoms with Gasteiger partial charge in [-0.15, -0.1) is 0 Å². The SMILES string of the molecule is CC(CCC(C)(C)O)C1CCC2C3CCC4CCCCC4(C)C3CCC12C. The molecular weight excluding hydrogens is 328 g/mol. The molecule has 156 valence electrons. The molecule has 0 bridgehead atoms. The van der Waals surface area contributed by atoms with Crippen LogP contribution in [-0.2, 0) is 0 Å². The molecule has 4 aliphatic carbocycles. The van der Waals surface area contributed by atoms with Crippen molar-refractivity contribution in [3.05, 3.63) is 0 Å². The Morgan fingerprint density at radius 1 is 0.889 bits per heavy atom. The van der Waals surface area contributed by atoms with Crippen molar-refractivity contribution in [3.8, 4) is 0 Å². The number of rotatable bonds is 4. The normalized spacial score (nSPS) is 48.4. The summed E-state index contributed by atoms with van der Waals surface area (Å²) in [6, 6.07) is 0. The molecule has 0 saturated heterocycles. The van der Waals surface area contributed by atoms with E-state index in [0.717, 1.165) is 41.9 Å². The lowest BCUT2D eigenvalue weighted by Crippen LogP contribution is -2.53. The summed E-state index contributed by atoms with van der Waals surface area (Å²) in [4.78, 5) is 0. The van der Waals surface area contributed by atoms with Gasteiger partial charge in [-0.2, -0.15) is 0 Å². The maximum atomic E-state index is 10.2. The molecule has 0 heterocycles. The fourth-order valence-corrected chi connectivity index (χ4v) is 9.05. The van der Waals surface area contributed by atoms with Crippen molar-refractivity contribution in [1.29, 1.82) is 0 Å². The lowest BCUT2D eigenvalue weighted by Gasteiger charge is -2.61. The molecule has 4 saturated carbocycles. The van der Waals surface area contributed by atoms with Crippen LogP contribution in [0.1, 0.15) is 112 Å². The van der Waals surface area contributed by atoms with E-state index in [2.05, 4.69) is 20.8 Å². The molecule has 0 aromatic carbocycles. The molecule has 8 atom stereocenters. The first-order chi connectivity index (χ1) is 12.7. The van der Waals surface area contributed by atoms with E-state index in [9.17, 15) is 5.11 Å². The minimum absolute atomic E-state index is 0.501. The zero-order valence-corrected chi connectivity index (χ0v) is 18.9. The lowest BCUT2D eigenvalue weighted by atomic mass is 9.44. The minimum atomic E-state index is -0.501. The fraction of sp³-hybridized carbons (Fsp3) is 1.00. The van der Waals surface area contributed by atoms with Crippen LogP contribution < -0.4 is 0 Å². The molecule has 8 unspecified atom stereocenters. The van der Waals surface area contributed by atoms with Crippen LogP contribution in [0.3, 0.4) is 0 Å². The van der Waals surface area contributed by atoms with Gasteiger partial charge < -0.3 is 5.11 Å². The van der Waals surface area contributed by atoms with Crippen molar-refractivity contribution in [2.75, 3.05) is 0 Å². The number of aliphatic hydroxyl groups is 1. The Labute approximate surface area is 169 Å². The third-order valence-corrected chi connectivity index (χ3v) is 10.6. The van der Waals surface area contributed by atoms with Gasteiger partial charge in [-0.05, 0) is 124 Å². The Morgan fingerprint density at radius 3 is 2.37 bits per heavy atom. The van der Waals surface area contributed by atoms with E-state index in [-0.39, 0.29) is 0 Å². The molecular formula is C26H46O. The Balaban J connectivity index is 1.49. The van der Waals surface area contributed by atoms with Gasteiger partial charge in [0.15, 0.2) is 0 Å². The van der Waals surface area contributed by atoms with Crippen molar-refractivity contribution in [2.24, 2.45) is 46.3 Å². The number of hydrogen-bond donors (Lipinski definition) is 1. The summed E-state index contributed by atoms with van der Waals surface area (Å²) in [6.07, 6.45) is 17.2. The van der Waals surface area contributed by atoms with E-state index >= 15 is 0 Å². The van der Waals surface area contributed by atoms with Gasteiger partial charge in [0, 0.05) is 0 Å². The van der Waals surface area contributed by atoms with Crippen molar-refractivity contribution in [1.82, 2.24) is 0 Å². The molecule has 1 nitrogen and oxygen atoms in total. The van der Waals surface area contributed by atoms with Gasteiger partial charge in [0.1, 0.15) is 0 Å². The zero-order chi connectivity index (χ0) is 19.4. The summed E-state index contributed by atoms with van der Waals surface area (Å²) in [5.74, 6) is 5.74. The van der Waals surface area contributed by atoms with Gasteiger partial charge in [-0.1, -0.05) is 33.6 Å². The average molecular weight is 375 g/mol. The molecule has 0 aliphatic heterocycles. The first-order valence-corrected chi connectivity index (χ1v) is 12.4. The first kappa shape index (κ1) is 20.2. The van der Waals surface area contributed by atoms with Gasteiger partial charge in [0.25, 0.3) is 0 Å². The minimum Gasteiger partial charge on any atom is -0.390 e. The van der Waals surface area contributed by atoms with E-state index in [4.69, 9.17) is 0 Å². The average Bonchev–Trinajstić information content (AvgIpc) is 2.96. The first-order valence-electron chi connectivity index (χ1n) is 12.4. The molecule has 0 amide bonds. The van der Waals surface area contributed by atoms with E-state index < -0.39 is 5.60 Å². The van der Waals surface area contributed by atoms with E-state index in [1.165, 1.54) is 70.6 Å². The molecule has 0 spiro atoms. The molecule has 4 rings (SSSR count). The Hall–Kier alpha value is -0.0400. The maximum Gasteiger partial charge on any atom is 0.0591 e. The van der Waals surface area contributed by atoms with Crippen molar-refractivity contribution in [3.63, 3.8) is 0 Å². The molecule has 27 heavy (non-hydrogen) atoms. The highest BCUT2D eigenvalue weighted by Gasteiger charge is 2.60. The zero-order valence-electron chi connectivity index (χ0n) is 18.9. The third-order valence-electron chi connectivity index (χ3n) is 10.6. The summed E-state index contributed by atoms with van der Waals surface area (Å²) in [7, 11) is 0. The van der Waals surface area contributed by atoms with Gasteiger partial charge in [-0.25, -0.2) is 0 Å². The Bertz CT molecular complexity index is 533. The quantitative estimate of drug-likeness (QED) is 0.550. The number of fused-ring (bicyclic) bond motifs is 5. The van der Waals surface area contributed by atoms with E-state index in [1.54, 1.807) is 0 Å². The molecule has 0 radical (unpaired) electrons. The van der Waals surface area contributed by atoms with Gasteiger partial charge in [-0.3, -0.25) is 0 Å². The highest BCUT2D eigenvalue weighted by Crippen LogP contribution is 2.68. The summed E-state index contributed by atoms with van der Waals surface area (Å²) >= 11 is 0. The topological polar surface area (TPSA) is 20.2 Å². The largest absolute Gasteiger partial charge is 0.390 e. The molecule has 4 aliphatic rings. The monoisotopic (exact) mass is 374 g/mol. The molecule has 1 heteroatoms. The van der Waals surface area contributed by atoms with Crippen molar-refractivity contribution >= 4 is 0 Å². The Kier molecular flexibility index (Phi) is 5.27. The van der Waals surface area contributed by atoms with Crippen LogP contribution in [0.25, 0.3) is 0 Å². The summed E-state index contributed by atoms with van der Waals surface area (Å²) in [5, 5.41) is 10.2. The summed E-state index contributed by atoms with van der Waals surface area (Å²) < 4.78 is 0. The van der Waals surface area contributed by atoms with Gasteiger partial charge in [0.2, 0.25) is 0 Å². The maximum absolute atomic E-state index is 10.2. The predicted octanol–water partition coefficient (Wildman–Crippen LogP) is 7.22. The summed E-state index contributed by atoms with van der Waals surface area (Å²) in [5.41, 5.74) is 0.754.